The first-order valence-corrected chi connectivity index (χ1v) is 9.75. The van der Waals surface area contributed by atoms with Crippen molar-refractivity contribution in [3.05, 3.63) is 41.6 Å². The first-order chi connectivity index (χ1) is 13.2. The molecule has 0 aromatic carbocycles. The molecule has 0 spiro atoms. The lowest BCUT2D eigenvalue weighted by Gasteiger charge is -2.33. The summed E-state index contributed by atoms with van der Waals surface area (Å²) in [6.07, 6.45) is 8.21. The molecule has 1 amide bonds. The van der Waals surface area contributed by atoms with Gasteiger partial charge >= 0.3 is 0 Å². The molecule has 7 nitrogen and oxygen atoms in total. The highest BCUT2D eigenvalue weighted by molar-refractivity contribution is 5.92. The summed E-state index contributed by atoms with van der Waals surface area (Å²) in [6.45, 7) is 4.60. The topological polar surface area (TPSA) is 72.3 Å². The van der Waals surface area contributed by atoms with Gasteiger partial charge < -0.3 is 14.6 Å². The van der Waals surface area contributed by atoms with Crippen LogP contribution in [-0.4, -0.2) is 45.0 Å². The second-order valence-corrected chi connectivity index (χ2v) is 7.45. The number of pyridine rings is 1. The zero-order valence-electron chi connectivity index (χ0n) is 16.0. The van der Waals surface area contributed by atoms with E-state index in [-0.39, 0.29) is 11.9 Å². The van der Waals surface area contributed by atoms with Gasteiger partial charge in [0, 0.05) is 43.6 Å². The molecule has 1 atom stereocenters. The molecule has 4 rings (SSSR count). The minimum Gasteiger partial charge on any atom is -0.481 e. The van der Waals surface area contributed by atoms with Crippen molar-refractivity contribution in [1.29, 1.82) is 0 Å². The summed E-state index contributed by atoms with van der Waals surface area (Å²) >= 11 is 0. The molecule has 0 saturated heterocycles. The number of imidazole rings is 1. The molecule has 1 fully saturated rings. The van der Waals surface area contributed by atoms with Gasteiger partial charge in [-0.15, -0.1) is 0 Å². The fraction of sp³-hybridized carbons (Fsp3) is 0.550. The van der Waals surface area contributed by atoms with Crippen molar-refractivity contribution >= 4 is 5.91 Å². The smallest absolute Gasteiger partial charge is 0.271 e. The van der Waals surface area contributed by atoms with E-state index in [4.69, 9.17) is 4.74 Å². The molecule has 0 radical (unpaired) electrons. The average Bonchev–Trinajstić information content (AvgIpc) is 3.34. The molecule has 7 heteroatoms. The van der Waals surface area contributed by atoms with Crippen LogP contribution in [0, 0.1) is 0 Å². The molecular formula is C20H27N5O2. The highest BCUT2D eigenvalue weighted by Crippen LogP contribution is 2.28. The first kappa shape index (κ1) is 18.0. The van der Waals surface area contributed by atoms with Crippen LogP contribution in [0.2, 0.25) is 0 Å². The Morgan fingerprint density at radius 1 is 1.33 bits per heavy atom. The number of carbonyl (C=O) groups is 1. The number of ether oxygens (including phenoxy) is 1. The van der Waals surface area contributed by atoms with Gasteiger partial charge in [-0.1, -0.05) is 18.9 Å². The van der Waals surface area contributed by atoms with Crippen molar-refractivity contribution in [2.24, 2.45) is 0 Å². The number of rotatable bonds is 5. The third kappa shape index (κ3) is 3.69. The van der Waals surface area contributed by atoms with Crippen molar-refractivity contribution in [2.75, 3.05) is 13.7 Å². The first-order valence-electron chi connectivity index (χ1n) is 9.75. The highest BCUT2D eigenvalue weighted by Gasteiger charge is 2.29. The van der Waals surface area contributed by atoms with Gasteiger partial charge in [0.25, 0.3) is 5.91 Å². The summed E-state index contributed by atoms with van der Waals surface area (Å²) in [5.41, 5.74) is 1.59. The predicted octanol–water partition coefficient (Wildman–Crippen LogP) is 2.54. The Labute approximate surface area is 159 Å². The predicted molar refractivity (Wildman–Crippen MR) is 102 cm³/mol. The van der Waals surface area contributed by atoms with E-state index < -0.39 is 0 Å². The molecule has 1 N–H and O–H groups in total. The number of carbonyl (C=O) groups excluding carboxylic acids is 1. The molecule has 1 aliphatic heterocycles. The van der Waals surface area contributed by atoms with E-state index >= 15 is 0 Å². The van der Waals surface area contributed by atoms with Gasteiger partial charge in [0.2, 0.25) is 5.88 Å². The number of hydrogen-bond donors (Lipinski definition) is 1. The zero-order valence-corrected chi connectivity index (χ0v) is 16.0. The molecule has 2 aromatic rings. The minimum atomic E-state index is -0.0449. The fourth-order valence-electron chi connectivity index (χ4n) is 4.14. The van der Waals surface area contributed by atoms with Crippen LogP contribution in [0.1, 0.15) is 60.5 Å². The molecule has 0 bridgehead atoms. The summed E-state index contributed by atoms with van der Waals surface area (Å²) < 4.78 is 7.50. The number of aromatic nitrogens is 3. The van der Waals surface area contributed by atoms with E-state index in [1.807, 2.05) is 18.3 Å². The van der Waals surface area contributed by atoms with Gasteiger partial charge in [-0.2, -0.15) is 0 Å². The number of methoxy groups -OCH3 is 1. The van der Waals surface area contributed by atoms with Gasteiger partial charge in [-0.05, 0) is 25.8 Å². The number of hydrogen-bond acceptors (Lipinski definition) is 5. The van der Waals surface area contributed by atoms with Gasteiger partial charge in [0.05, 0.1) is 13.2 Å². The molecule has 144 valence electrons. The molecule has 1 saturated carbocycles. The zero-order chi connectivity index (χ0) is 18.8. The monoisotopic (exact) mass is 369 g/mol. The molecule has 3 heterocycles. The summed E-state index contributed by atoms with van der Waals surface area (Å²) in [4.78, 5) is 23.9. The summed E-state index contributed by atoms with van der Waals surface area (Å²) in [7, 11) is 1.65. The SMILES string of the molecule is COc1ncccc1CN1CCn2cc(C(=O)NC3CCCC3)nc2[C@H]1C. The maximum absolute atomic E-state index is 12.6. The normalized spacial score (nSPS) is 20.4. The van der Waals surface area contributed by atoms with Gasteiger partial charge in [0.15, 0.2) is 0 Å². The summed E-state index contributed by atoms with van der Waals surface area (Å²) in [6, 6.07) is 4.40. The molecule has 2 aliphatic rings. The Morgan fingerprint density at radius 2 is 2.15 bits per heavy atom. The third-order valence-corrected chi connectivity index (χ3v) is 5.70. The quantitative estimate of drug-likeness (QED) is 0.877. The van der Waals surface area contributed by atoms with E-state index in [2.05, 4.69) is 31.7 Å². The van der Waals surface area contributed by atoms with Crippen LogP contribution in [0.5, 0.6) is 5.88 Å². The van der Waals surface area contributed by atoms with Crippen molar-refractivity contribution in [3.63, 3.8) is 0 Å². The Kier molecular flexibility index (Phi) is 5.11. The lowest BCUT2D eigenvalue weighted by atomic mass is 10.1. The van der Waals surface area contributed by atoms with Crippen LogP contribution >= 0.6 is 0 Å². The van der Waals surface area contributed by atoms with Crippen LogP contribution in [0.15, 0.2) is 24.5 Å². The molecule has 2 aromatic heterocycles. The van der Waals surface area contributed by atoms with E-state index in [0.29, 0.717) is 17.6 Å². The highest BCUT2D eigenvalue weighted by atomic mass is 16.5. The van der Waals surface area contributed by atoms with Crippen molar-refractivity contribution < 1.29 is 9.53 Å². The average molecular weight is 369 g/mol. The van der Waals surface area contributed by atoms with Crippen LogP contribution in [0.3, 0.4) is 0 Å². The van der Waals surface area contributed by atoms with E-state index in [1.165, 1.54) is 12.8 Å². The molecule has 27 heavy (non-hydrogen) atoms. The lowest BCUT2D eigenvalue weighted by Crippen LogP contribution is -2.36. The largest absolute Gasteiger partial charge is 0.481 e. The third-order valence-electron chi connectivity index (χ3n) is 5.70. The van der Waals surface area contributed by atoms with Crippen LogP contribution in [0.4, 0.5) is 0 Å². The second-order valence-electron chi connectivity index (χ2n) is 7.45. The molecular weight excluding hydrogens is 342 g/mol. The summed E-state index contributed by atoms with van der Waals surface area (Å²) in [5.74, 6) is 1.56. The van der Waals surface area contributed by atoms with Gasteiger partial charge in [-0.25, -0.2) is 9.97 Å². The van der Waals surface area contributed by atoms with Crippen molar-refractivity contribution in [2.45, 2.75) is 57.8 Å². The Morgan fingerprint density at radius 3 is 2.93 bits per heavy atom. The van der Waals surface area contributed by atoms with Crippen molar-refractivity contribution in [1.82, 2.24) is 24.8 Å². The van der Waals surface area contributed by atoms with Crippen LogP contribution in [0.25, 0.3) is 0 Å². The molecule has 0 unspecified atom stereocenters. The van der Waals surface area contributed by atoms with Gasteiger partial charge in [-0.3, -0.25) is 9.69 Å². The lowest BCUT2D eigenvalue weighted by molar-refractivity contribution is 0.0933. The minimum absolute atomic E-state index is 0.0449. The van der Waals surface area contributed by atoms with Crippen molar-refractivity contribution in [3.8, 4) is 5.88 Å². The van der Waals surface area contributed by atoms with Crippen LogP contribution < -0.4 is 10.1 Å². The number of nitrogens with zero attached hydrogens (tertiary/aromatic N) is 4. The number of amides is 1. The van der Waals surface area contributed by atoms with E-state index in [9.17, 15) is 4.79 Å². The Hall–Kier alpha value is -2.41. The van der Waals surface area contributed by atoms with E-state index in [1.54, 1.807) is 13.3 Å². The Balaban J connectivity index is 1.48. The number of nitrogens with one attached hydrogen (secondary N) is 1. The fourth-order valence-corrected chi connectivity index (χ4v) is 4.14. The van der Waals surface area contributed by atoms with Crippen LogP contribution in [-0.2, 0) is 13.1 Å². The standard InChI is InChI=1S/C20H27N5O2/c1-14-18-23-17(19(26)22-16-7-3-4-8-16)13-25(18)11-10-24(14)12-15-6-5-9-21-20(15)27-2/h5-6,9,13-14,16H,3-4,7-8,10-12H2,1-2H3,(H,22,26)/t14-/m1/s1. The maximum Gasteiger partial charge on any atom is 0.271 e. The Bertz CT molecular complexity index is 812. The second kappa shape index (κ2) is 7.68. The maximum atomic E-state index is 12.6. The van der Waals surface area contributed by atoms with E-state index in [0.717, 1.165) is 43.9 Å². The summed E-state index contributed by atoms with van der Waals surface area (Å²) in [5, 5.41) is 3.13. The number of fused-ring (bicyclic) bond motifs is 1. The molecule has 1 aliphatic carbocycles. The van der Waals surface area contributed by atoms with Gasteiger partial charge in [0.1, 0.15) is 11.5 Å².